The summed E-state index contributed by atoms with van der Waals surface area (Å²) < 4.78 is 33.7. The van der Waals surface area contributed by atoms with Gasteiger partial charge in [0.05, 0.1) is 18.5 Å². The van der Waals surface area contributed by atoms with Gasteiger partial charge in [0.2, 0.25) is 5.88 Å². The molecule has 34 heavy (non-hydrogen) atoms. The van der Waals surface area contributed by atoms with Crippen molar-refractivity contribution in [3.05, 3.63) is 47.3 Å². The highest BCUT2D eigenvalue weighted by atomic mass is 19.3. The predicted octanol–water partition coefficient (Wildman–Crippen LogP) is 4.77. The number of ether oxygens (including phenoxy) is 1. The van der Waals surface area contributed by atoms with Crippen molar-refractivity contribution >= 4 is 22.5 Å². The van der Waals surface area contributed by atoms with E-state index >= 15 is 0 Å². The van der Waals surface area contributed by atoms with Crippen LogP contribution in [-0.4, -0.2) is 59.7 Å². The van der Waals surface area contributed by atoms with Gasteiger partial charge in [-0.2, -0.15) is 4.98 Å². The number of anilines is 2. The van der Waals surface area contributed by atoms with E-state index in [1.807, 2.05) is 19.1 Å². The second-order valence-corrected chi connectivity index (χ2v) is 8.81. The van der Waals surface area contributed by atoms with Crippen LogP contribution in [0.15, 0.2) is 30.6 Å². The first-order valence-corrected chi connectivity index (χ1v) is 11.6. The molecule has 4 rings (SSSR count). The topological polar surface area (TPSA) is 66.4 Å². The Bertz CT molecular complexity index is 1160. The molecule has 1 N–H and O–H groups in total. The van der Waals surface area contributed by atoms with Crippen molar-refractivity contribution < 1.29 is 13.5 Å². The molecule has 9 heteroatoms. The minimum Gasteiger partial charge on any atom is -0.479 e. The zero-order valence-electron chi connectivity index (χ0n) is 20.4. The number of rotatable bonds is 7. The third-order valence-corrected chi connectivity index (χ3v) is 6.59. The lowest BCUT2D eigenvalue weighted by Gasteiger charge is -2.35. The lowest BCUT2D eigenvalue weighted by Crippen LogP contribution is -2.46. The summed E-state index contributed by atoms with van der Waals surface area (Å²) in [4.78, 5) is 18.1. The summed E-state index contributed by atoms with van der Waals surface area (Å²) in [6.45, 7) is 11.5. The highest BCUT2D eigenvalue weighted by Crippen LogP contribution is 2.36. The first kappa shape index (κ1) is 24.1. The van der Waals surface area contributed by atoms with Crippen molar-refractivity contribution in [2.24, 2.45) is 0 Å². The molecule has 0 saturated carbocycles. The Labute approximate surface area is 199 Å². The molecule has 1 aliphatic heterocycles. The van der Waals surface area contributed by atoms with E-state index in [9.17, 15) is 8.78 Å². The minimum absolute atomic E-state index is 0.0334. The molecule has 3 heterocycles. The molecule has 0 bridgehead atoms. The third-order valence-electron chi connectivity index (χ3n) is 6.59. The van der Waals surface area contributed by atoms with Gasteiger partial charge < -0.3 is 19.9 Å². The summed E-state index contributed by atoms with van der Waals surface area (Å²) in [5, 5.41) is 4.16. The zero-order chi connectivity index (χ0) is 24.5. The van der Waals surface area contributed by atoms with E-state index in [2.05, 4.69) is 37.0 Å². The Hall–Kier alpha value is -3.07. The lowest BCUT2D eigenvalue weighted by molar-refractivity contribution is 0.0167. The van der Waals surface area contributed by atoms with Gasteiger partial charge in [-0.25, -0.2) is 18.7 Å². The SMILES string of the molecule is CCN1CCN(c2cc3c(N[C@H](C)c4cccc(C(C)(F)F)c4C)ncnc3nc2OC)CC1. The van der Waals surface area contributed by atoms with Crippen LogP contribution in [0.5, 0.6) is 5.88 Å². The standard InChI is InChI=1S/C25H32F2N6O/c1-6-32-10-12-33(13-11-32)21-14-19-22(28-15-29-23(19)31-24(21)34-5)30-17(3)18-8-7-9-20(16(18)2)25(4,26)27/h7-9,14-15,17H,6,10-13H2,1-5H3,(H,28,29,30,31)/t17-/m1/s1. The van der Waals surface area contributed by atoms with Crippen molar-refractivity contribution in [3.63, 3.8) is 0 Å². The normalized spacial score (nSPS) is 16.0. The average molecular weight is 471 g/mol. The number of methoxy groups -OCH3 is 1. The number of fused-ring (bicyclic) bond motifs is 1. The number of hydrogen-bond acceptors (Lipinski definition) is 7. The lowest BCUT2D eigenvalue weighted by atomic mass is 9.94. The minimum atomic E-state index is -2.90. The second-order valence-electron chi connectivity index (χ2n) is 8.81. The van der Waals surface area contributed by atoms with Gasteiger partial charge in [0, 0.05) is 38.7 Å². The molecule has 0 spiro atoms. The van der Waals surface area contributed by atoms with Gasteiger partial charge in [-0.1, -0.05) is 25.1 Å². The van der Waals surface area contributed by atoms with Crippen molar-refractivity contribution in [3.8, 4) is 5.88 Å². The van der Waals surface area contributed by atoms with E-state index in [0.717, 1.165) is 56.3 Å². The fourth-order valence-electron chi connectivity index (χ4n) is 4.64. The van der Waals surface area contributed by atoms with Crippen molar-refractivity contribution in [1.82, 2.24) is 19.9 Å². The molecule has 3 aromatic rings. The van der Waals surface area contributed by atoms with Gasteiger partial charge in [-0.05, 0) is 37.6 Å². The molecule has 0 radical (unpaired) electrons. The first-order valence-electron chi connectivity index (χ1n) is 11.6. The van der Waals surface area contributed by atoms with Crippen LogP contribution in [0.3, 0.4) is 0 Å². The van der Waals surface area contributed by atoms with Gasteiger partial charge in [0.1, 0.15) is 17.8 Å². The summed E-state index contributed by atoms with van der Waals surface area (Å²) in [5.41, 5.74) is 2.82. The van der Waals surface area contributed by atoms with Crippen LogP contribution >= 0.6 is 0 Å². The number of hydrogen-bond donors (Lipinski definition) is 1. The molecule has 1 aromatic carbocycles. The molecule has 7 nitrogen and oxygen atoms in total. The van der Waals surface area contributed by atoms with Crippen LogP contribution in [0.2, 0.25) is 0 Å². The molecule has 1 saturated heterocycles. The van der Waals surface area contributed by atoms with Crippen LogP contribution in [-0.2, 0) is 5.92 Å². The molecule has 1 atom stereocenters. The van der Waals surface area contributed by atoms with Crippen molar-refractivity contribution in [1.29, 1.82) is 0 Å². The number of nitrogens with zero attached hydrogens (tertiary/aromatic N) is 5. The number of piperazine rings is 1. The molecule has 0 unspecified atom stereocenters. The van der Waals surface area contributed by atoms with Crippen molar-refractivity contribution in [2.75, 3.05) is 50.1 Å². The maximum Gasteiger partial charge on any atom is 0.270 e. The molecule has 1 fully saturated rings. The quantitative estimate of drug-likeness (QED) is 0.534. The second kappa shape index (κ2) is 9.66. The highest BCUT2D eigenvalue weighted by Gasteiger charge is 2.28. The Balaban J connectivity index is 1.69. The van der Waals surface area contributed by atoms with Crippen molar-refractivity contribution in [2.45, 2.75) is 39.7 Å². The maximum atomic E-state index is 14.1. The maximum absolute atomic E-state index is 14.1. The van der Waals surface area contributed by atoms with E-state index in [4.69, 9.17) is 4.74 Å². The Morgan fingerprint density at radius 3 is 2.56 bits per heavy atom. The first-order chi connectivity index (χ1) is 16.2. The molecule has 2 aromatic heterocycles. The largest absolute Gasteiger partial charge is 0.479 e. The van der Waals surface area contributed by atoms with Crippen LogP contribution in [0.4, 0.5) is 20.3 Å². The fraction of sp³-hybridized carbons (Fsp3) is 0.480. The molecule has 0 aliphatic carbocycles. The van der Waals surface area contributed by atoms with Gasteiger partial charge >= 0.3 is 0 Å². The molecule has 0 amide bonds. The van der Waals surface area contributed by atoms with E-state index in [1.54, 1.807) is 20.1 Å². The Morgan fingerprint density at radius 2 is 1.91 bits per heavy atom. The number of benzene rings is 1. The summed E-state index contributed by atoms with van der Waals surface area (Å²) in [5.74, 6) is -1.77. The smallest absolute Gasteiger partial charge is 0.270 e. The molecule has 182 valence electrons. The van der Waals surface area contributed by atoms with E-state index < -0.39 is 5.92 Å². The average Bonchev–Trinajstić information content (AvgIpc) is 2.82. The summed E-state index contributed by atoms with van der Waals surface area (Å²) in [7, 11) is 1.61. The van der Waals surface area contributed by atoms with Crippen LogP contribution in [0.25, 0.3) is 11.0 Å². The molecule has 1 aliphatic rings. The summed E-state index contributed by atoms with van der Waals surface area (Å²) in [6, 6.07) is 6.78. The number of pyridine rings is 1. The van der Waals surface area contributed by atoms with Gasteiger partial charge in [-0.3, -0.25) is 0 Å². The highest BCUT2D eigenvalue weighted by molar-refractivity contribution is 5.90. The number of halogens is 2. The number of likely N-dealkylation sites (N-methyl/N-ethyl adjacent to an activating group) is 1. The third kappa shape index (κ3) is 4.75. The number of alkyl halides is 2. The molecular formula is C25H32F2N6O. The van der Waals surface area contributed by atoms with Gasteiger partial charge in [0.15, 0.2) is 5.65 Å². The van der Waals surface area contributed by atoms with Crippen LogP contribution in [0, 0.1) is 6.92 Å². The molecular weight excluding hydrogens is 438 g/mol. The zero-order valence-corrected chi connectivity index (χ0v) is 20.4. The fourth-order valence-corrected chi connectivity index (χ4v) is 4.64. The van der Waals surface area contributed by atoms with Gasteiger partial charge in [-0.15, -0.1) is 0 Å². The van der Waals surface area contributed by atoms with Gasteiger partial charge in [0.25, 0.3) is 5.92 Å². The number of nitrogens with one attached hydrogen (secondary N) is 1. The van der Waals surface area contributed by atoms with E-state index in [1.165, 1.54) is 12.4 Å². The monoisotopic (exact) mass is 470 g/mol. The summed E-state index contributed by atoms with van der Waals surface area (Å²) in [6.07, 6.45) is 1.45. The van der Waals surface area contributed by atoms with E-state index in [0.29, 0.717) is 22.9 Å². The summed E-state index contributed by atoms with van der Waals surface area (Å²) >= 11 is 0. The Morgan fingerprint density at radius 1 is 1.18 bits per heavy atom. The predicted molar refractivity (Wildman–Crippen MR) is 131 cm³/mol. The van der Waals surface area contributed by atoms with E-state index in [-0.39, 0.29) is 11.6 Å². The van der Waals surface area contributed by atoms with Crippen LogP contribution in [0.1, 0.15) is 43.5 Å². The van der Waals surface area contributed by atoms with Crippen LogP contribution < -0.4 is 15.0 Å². The number of aromatic nitrogens is 3. The Kier molecular flexibility index (Phi) is 6.84.